The summed E-state index contributed by atoms with van der Waals surface area (Å²) in [6, 6.07) is 10.1. The lowest BCUT2D eigenvalue weighted by Crippen LogP contribution is -2.53. The van der Waals surface area contributed by atoms with E-state index in [9.17, 15) is 14.0 Å². The summed E-state index contributed by atoms with van der Waals surface area (Å²) in [6.45, 7) is 5.91. The number of aromatic nitrogens is 3. The van der Waals surface area contributed by atoms with E-state index < -0.39 is 17.2 Å². The Morgan fingerprint density at radius 1 is 1.15 bits per heavy atom. The number of amides is 1. The van der Waals surface area contributed by atoms with Gasteiger partial charge >= 0.3 is 0 Å². The molecule has 2 N–H and O–H groups in total. The van der Waals surface area contributed by atoms with Crippen molar-refractivity contribution >= 4 is 11.7 Å². The van der Waals surface area contributed by atoms with Crippen molar-refractivity contribution in [3.8, 4) is 22.6 Å². The first-order valence-corrected chi connectivity index (χ1v) is 11.6. The summed E-state index contributed by atoms with van der Waals surface area (Å²) in [6.07, 6.45) is 3.54. The Bertz CT molecular complexity index is 1310. The lowest BCUT2D eigenvalue weighted by molar-refractivity contribution is -0.141. The molecule has 1 aromatic carbocycles. The van der Waals surface area contributed by atoms with Crippen LogP contribution >= 0.6 is 0 Å². The fourth-order valence-corrected chi connectivity index (χ4v) is 5.98. The molecule has 0 aliphatic heterocycles. The summed E-state index contributed by atoms with van der Waals surface area (Å²) >= 11 is 0. The molecule has 7 heteroatoms. The number of benzene rings is 1. The highest BCUT2D eigenvalue weighted by Crippen LogP contribution is 2.53. The molecule has 1 amide bonds. The van der Waals surface area contributed by atoms with Gasteiger partial charge in [0.15, 0.2) is 5.82 Å². The van der Waals surface area contributed by atoms with Crippen LogP contribution in [0.3, 0.4) is 0 Å². The average Bonchev–Trinajstić information content (AvgIpc) is 2.81. The van der Waals surface area contributed by atoms with Crippen LogP contribution < -0.4 is 5.73 Å². The van der Waals surface area contributed by atoms with E-state index in [4.69, 9.17) is 15.7 Å². The number of pyridine rings is 1. The van der Waals surface area contributed by atoms with Crippen molar-refractivity contribution in [2.24, 2.45) is 23.5 Å². The van der Waals surface area contributed by atoms with E-state index in [1.165, 1.54) is 12.1 Å². The van der Waals surface area contributed by atoms with Crippen LogP contribution in [0.15, 0.2) is 42.6 Å². The number of rotatable bonds is 3. The average molecular weight is 459 g/mol. The first-order chi connectivity index (χ1) is 16.2. The Hall–Kier alpha value is -3.48. The van der Waals surface area contributed by atoms with E-state index in [2.05, 4.69) is 11.9 Å². The number of halogens is 1. The van der Waals surface area contributed by atoms with Gasteiger partial charge in [-0.15, -0.1) is 0 Å². The van der Waals surface area contributed by atoms with E-state index in [0.29, 0.717) is 18.7 Å². The van der Waals surface area contributed by atoms with Gasteiger partial charge < -0.3 is 5.73 Å². The summed E-state index contributed by atoms with van der Waals surface area (Å²) in [7, 11) is 0. The molecule has 0 saturated heterocycles. The summed E-state index contributed by atoms with van der Waals surface area (Å²) in [5, 5.41) is 0. The number of nitrogens with zero attached hydrogens (tertiary/aromatic N) is 3. The van der Waals surface area contributed by atoms with Gasteiger partial charge in [-0.2, -0.15) is 0 Å². The topological polar surface area (TPSA) is 98.8 Å². The first-order valence-electron chi connectivity index (χ1n) is 11.6. The third-order valence-electron chi connectivity index (χ3n) is 7.71. The Kier molecular flexibility index (Phi) is 5.30. The number of nitrogens with two attached hydrogens (primary N) is 1. The molecule has 2 aromatic heterocycles. The molecular weight excluding hydrogens is 431 g/mol. The van der Waals surface area contributed by atoms with Crippen molar-refractivity contribution in [1.29, 1.82) is 0 Å². The number of hydrogen-bond acceptors (Lipinski definition) is 5. The molecule has 3 aromatic rings. The van der Waals surface area contributed by atoms with Crippen molar-refractivity contribution in [3.05, 3.63) is 65.4 Å². The molecular formula is C27H27FN4O2. The molecule has 2 heterocycles. The maximum atomic E-state index is 13.7. The zero-order valence-corrected chi connectivity index (χ0v) is 19.5. The number of carbonyl (C=O) groups excluding carboxylic acids is 2. The fourth-order valence-electron chi connectivity index (χ4n) is 5.98. The molecule has 0 radical (unpaired) electrons. The van der Waals surface area contributed by atoms with Crippen LogP contribution in [0.25, 0.3) is 22.6 Å². The van der Waals surface area contributed by atoms with Gasteiger partial charge in [0, 0.05) is 39.9 Å². The van der Waals surface area contributed by atoms with Crippen molar-refractivity contribution in [2.75, 3.05) is 0 Å². The molecule has 4 atom stereocenters. The summed E-state index contributed by atoms with van der Waals surface area (Å²) < 4.78 is 13.7. The van der Waals surface area contributed by atoms with Crippen LogP contribution in [0.1, 0.15) is 43.6 Å². The van der Waals surface area contributed by atoms with Crippen LogP contribution in [0, 0.1) is 30.5 Å². The number of fused-ring (bicyclic) bond motifs is 3. The second kappa shape index (κ2) is 8.08. The third-order valence-corrected chi connectivity index (χ3v) is 7.71. The number of Topliss-reactive ketones (excluding diaryl/α,β-unsaturated/α-hetero) is 1. The monoisotopic (exact) mass is 458 g/mol. The largest absolute Gasteiger partial charge is 0.369 e. The molecule has 1 saturated carbocycles. The minimum atomic E-state index is -0.835. The van der Waals surface area contributed by atoms with E-state index in [0.717, 1.165) is 40.2 Å². The molecule has 34 heavy (non-hydrogen) atoms. The van der Waals surface area contributed by atoms with Crippen molar-refractivity contribution < 1.29 is 14.0 Å². The van der Waals surface area contributed by atoms with E-state index in [1.54, 1.807) is 18.3 Å². The van der Waals surface area contributed by atoms with Crippen LogP contribution in [0.5, 0.6) is 0 Å². The molecule has 6 nitrogen and oxygen atoms in total. The molecule has 0 spiro atoms. The number of aryl methyl sites for hydroxylation is 1. The smallest absolute Gasteiger partial charge is 0.228 e. The summed E-state index contributed by atoms with van der Waals surface area (Å²) in [4.78, 5) is 39.4. The SMILES string of the molecule is Cc1cc(-c2nc(-c3ccc(F)cc3)c3c(n2)[C@]2(C)CC(C(N)=O)C(=O)[C@H](C)[C@H]2CC3)ccn1. The Morgan fingerprint density at radius 3 is 2.56 bits per heavy atom. The first kappa shape index (κ1) is 22.3. The van der Waals surface area contributed by atoms with Gasteiger partial charge in [0.2, 0.25) is 5.91 Å². The molecule has 1 unspecified atom stereocenters. The lowest BCUT2D eigenvalue weighted by atomic mass is 9.53. The lowest BCUT2D eigenvalue weighted by Gasteiger charge is -2.50. The van der Waals surface area contributed by atoms with Gasteiger partial charge in [-0.1, -0.05) is 13.8 Å². The van der Waals surface area contributed by atoms with Gasteiger partial charge in [0.1, 0.15) is 11.6 Å². The molecule has 5 rings (SSSR count). The number of primary amides is 1. The van der Waals surface area contributed by atoms with E-state index >= 15 is 0 Å². The number of ketones is 1. The van der Waals surface area contributed by atoms with Crippen molar-refractivity contribution in [1.82, 2.24) is 15.0 Å². The Labute approximate surface area is 197 Å². The Balaban J connectivity index is 1.76. The zero-order valence-electron chi connectivity index (χ0n) is 19.5. The molecule has 2 aliphatic carbocycles. The highest BCUT2D eigenvalue weighted by Gasteiger charge is 2.54. The van der Waals surface area contributed by atoms with Crippen molar-refractivity contribution in [3.63, 3.8) is 0 Å². The number of carbonyl (C=O) groups is 2. The van der Waals surface area contributed by atoms with Gasteiger partial charge in [0.25, 0.3) is 0 Å². The highest BCUT2D eigenvalue weighted by atomic mass is 19.1. The minimum absolute atomic E-state index is 0.0473. The summed E-state index contributed by atoms with van der Waals surface area (Å²) in [5.41, 5.74) is 10.2. The zero-order chi connectivity index (χ0) is 24.2. The maximum absolute atomic E-state index is 13.7. The Morgan fingerprint density at radius 2 is 1.88 bits per heavy atom. The van der Waals surface area contributed by atoms with E-state index in [1.807, 2.05) is 26.0 Å². The van der Waals surface area contributed by atoms with E-state index in [-0.39, 0.29) is 23.4 Å². The predicted octanol–water partition coefficient (Wildman–Crippen LogP) is 4.18. The van der Waals surface area contributed by atoms with Crippen LogP contribution in [0.2, 0.25) is 0 Å². The molecule has 1 fully saturated rings. The fraction of sp³-hybridized carbons (Fsp3) is 0.370. The number of hydrogen-bond donors (Lipinski definition) is 1. The molecule has 0 bridgehead atoms. The highest BCUT2D eigenvalue weighted by molar-refractivity contribution is 6.02. The summed E-state index contributed by atoms with van der Waals surface area (Å²) in [5.74, 6) is -1.50. The van der Waals surface area contributed by atoms with Gasteiger partial charge in [0.05, 0.1) is 17.3 Å². The quantitative estimate of drug-likeness (QED) is 0.594. The van der Waals surface area contributed by atoms with Gasteiger partial charge in [-0.3, -0.25) is 14.6 Å². The molecule has 2 aliphatic rings. The van der Waals surface area contributed by atoms with Crippen molar-refractivity contribution in [2.45, 2.75) is 45.4 Å². The van der Waals surface area contributed by atoms with Crippen LogP contribution in [-0.2, 0) is 21.4 Å². The second-order valence-corrected chi connectivity index (χ2v) is 9.83. The minimum Gasteiger partial charge on any atom is -0.369 e. The van der Waals surface area contributed by atoms with Crippen LogP contribution in [-0.4, -0.2) is 26.6 Å². The maximum Gasteiger partial charge on any atom is 0.228 e. The van der Waals surface area contributed by atoms with Gasteiger partial charge in [-0.25, -0.2) is 14.4 Å². The second-order valence-electron chi connectivity index (χ2n) is 9.83. The third kappa shape index (κ3) is 3.50. The molecule has 174 valence electrons. The van der Waals surface area contributed by atoms with Crippen LogP contribution in [0.4, 0.5) is 4.39 Å². The van der Waals surface area contributed by atoms with Gasteiger partial charge in [-0.05, 0) is 68.5 Å². The predicted molar refractivity (Wildman–Crippen MR) is 126 cm³/mol. The normalized spacial score (nSPS) is 26.0. The standard InChI is InChI=1S/C27H27FN4O2/c1-14-12-17(10-11-30-14)26-31-22(16-4-6-18(28)7-5-16)19-8-9-21-15(2)23(33)20(25(29)34)13-27(21,3)24(19)32-26/h4-7,10-12,15,20-21H,8-9,13H2,1-3H3,(H2,29,34)/t15-,20?,21-,27-/m1/s1.